The third-order valence-electron chi connectivity index (χ3n) is 9.05. The molecule has 4 aromatic heterocycles. The summed E-state index contributed by atoms with van der Waals surface area (Å²) in [5.41, 5.74) is 11.7. The molecule has 259 valence electrons. The number of aryl methyl sites for hydroxylation is 5. The number of fused-ring (bicyclic) bond motifs is 5. The van der Waals surface area contributed by atoms with Crippen LogP contribution in [0, 0.1) is 52.2 Å². The van der Waals surface area contributed by atoms with E-state index >= 15 is 0 Å². The van der Waals surface area contributed by atoms with Gasteiger partial charge in [-0.2, -0.15) is 0 Å². The van der Waals surface area contributed by atoms with Gasteiger partial charge in [0.05, 0.1) is 5.58 Å². The smallest absolute Gasteiger partial charge is 0.129 e. The third kappa shape index (κ3) is 7.35. The van der Waals surface area contributed by atoms with Gasteiger partial charge in [-0.25, -0.2) is 0 Å². The van der Waals surface area contributed by atoms with Crippen molar-refractivity contribution in [3.05, 3.63) is 142 Å². The first-order chi connectivity index (χ1) is 24.8. The van der Waals surface area contributed by atoms with Gasteiger partial charge >= 0.3 is 0 Å². The second kappa shape index (κ2) is 14.7. The van der Waals surface area contributed by atoms with Crippen molar-refractivity contribution in [1.29, 1.82) is 0 Å². The molecule has 5 heteroatoms. The van der Waals surface area contributed by atoms with Crippen molar-refractivity contribution in [2.24, 2.45) is 5.41 Å². The molecule has 51 heavy (non-hydrogen) atoms. The molecule has 0 spiro atoms. The number of furan rings is 1. The Morgan fingerprint density at radius 3 is 2.20 bits per heavy atom. The molecule has 0 aliphatic rings. The maximum absolute atomic E-state index is 9.13. The summed E-state index contributed by atoms with van der Waals surface area (Å²) in [5, 5.41) is 3.30. The summed E-state index contributed by atoms with van der Waals surface area (Å²) in [7, 11) is 0. The second-order valence-electron chi connectivity index (χ2n) is 14.1. The molecule has 0 aliphatic heterocycles. The summed E-state index contributed by atoms with van der Waals surface area (Å²) in [6.45, 7) is 16.3. The van der Waals surface area contributed by atoms with Crippen molar-refractivity contribution in [2.75, 3.05) is 0 Å². The maximum Gasteiger partial charge on any atom is 0.129 e. The first kappa shape index (κ1) is 33.7. The summed E-state index contributed by atoms with van der Waals surface area (Å²) in [5.74, 6) is 0. The van der Waals surface area contributed by atoms with Crippen LogP contribution >= 0.6 is 11.3 Å². The van der Waals surface area contributed by atoms with Crippen LogP contribution in [0.25, 0.3) is 65.7 Å². The predicted molar refractivity (Wildman–Crippen MR) is 212 cm³/mol. The van der Waals surface area contributed by atoms with Gasteiger partial charge in [0.2, 0.25) is 0 Å². The van der Waals surface area contributed by atoms with Gasteiger partial charge in [-0.05, 0) is 103 Å². The minimum Gasteiger partial charge on any atom is -0.500 e. The zero-order valence-electron chi connectivity index (χ0n) is 32.3. The molecule has 4 heterocycles. The molecule has 0 unspecified atom stereocenters. The van der Waals surface area contributed by atoms with E-state index in [0.29, 0.717) is 5.56 Å². The van der Waals surface area contributed by atoms with E-state index in [9.17, 15) is 0 Å². The Morgan fingerprint density at radius 1 is 0.765 bits per heavy atom. The van der Waals surface area contributed by atoms with Gasteiger partial charge < -0.3 is 14.4 Å². The van der Waals surface area contributed by atoms with E-state index < -0.39 is 11.8 Å². The second-order valence-corrected chi connectivity index (χ2v) is 15.3. The molecule has 0 saturated heterocycles. The average molecular weight is 865 g/mol. The summed E-state index contributed by atoms with van der Waals surface area (Å²) < 4.78 is 26.1. The van der Waals surface area contributed by atoms with Crippen molar-refractivity contribution >= 4 is 43.4 Å². The van der Waals surface area contributed by atoms with Gasteiger partial charge in [-0.15, -0.1) is 65.4 Å². The number of thiophene rings is 1. The van der Waals surface area contributed by atoms with E-state index in [-0.39, 0.29) is 20.1 Å². The van der Waals surface area contributed by atoms with Crippen LogP contribution < -0.4 is 0 Å². The zero-order valence-corrected chi connectivity index (χ0v) is 33.5. The van der Waals surface area contributed by atoms with E-state index in [1.807, 2.05) is 82.4 Å². The molecule has 8 rings (SSSR count). The minimum atomic E-state index is -1.60. The van der Waals surface area contributed by atoms with Gasteiger partial charge in [0.25, 0.3) is 0 Å². The summed E-state index contributed by atoms with van der Waals surface area (Å²) >= 11 is 1.80. The number of rotatable bonds is 4. The number of hydrogen-bond donors (Lipinski definition) is 0. The van der Waals surface area contributed by atoms with Crippen molar-refractivity contribution in [2.45, 2.75) is 61.8 Å². The fraction of sp³-hybridized carbons (Fsp3) is 0.217. The van der Waals surface area contributed by atoms with Crippen LogP contribution in [-0.4, -0.2) is 9.97 Å². The van der Waals surface area contributed by atoms with Crippen LogP contribution in [0.5, 0.6) is 0 Å². The fourth-order valence-electron chi connectivity index (χ4n) is 6.56. The Kier molecular flexibility index (Phi) is 9.70. The number of nitrogens with zero attached hydrogens (tertiary/aromatic N) is 2. The molecule has 3 nitrogen and oxygen atoms in total. The van der Waals surface area contributed by atoms with Crippen LogP contribution in [0.15, 0.2) is 102 Å². The Labute approximate surface area is 322 Å². The SMILES string of the molecule is Cc1ccc(-c2[c-]cccc2)nc1.[2H]C([2H])(c1cnc(-c2[c-]ccc3c2oc2c3ccc3sc(C)c(C)c32)cc1-c1c(C)cccc1C)C(C)(C)C.[Ir]. The van der Waals surface area contributed by atoms with Crippen LogP contribution in [0.3, 0.4) is 0 Å². The Morgan fingerprint density at radius 2 is 1.51 bits per heavy atom. The minimum absolute atomic E-state index is 0. The number of hydrogen-bond acceptors (Lipinski definition) is 4. The van der Waals surface area contributed by atoms with Gasteiger partial charge in [-0.1, -0.05) is 74.2 Å². The van der Waals surface area contributed by atoms with Crippen molar-refractivity contribution in [3.8, 4) is 33.6 Å². The largest absolute Gasteiger partial charge is 0.500 e. The number of benzene rings is 4. The van der Waals surface area contributed by atoms with E-state index in [1.165, 1.54) is 26.1 Å². The summed E-state index contributed by atoms with van der Waals surface area (Å²) in [4.78, 5) is 10.5. The van der Waals surface area contributed by atoms with Crippen molar-refractivity contribution in [1.82, 2.24) is 9.97 Å². The predicted octanol–water partition coefficient (Wildman–Crippen LogP) is 13.0. The molecule has 0 amide bonds. The van der Waals surface area contributed by atoms with E-state index in [1.54, 1.807) is 17.5 Å². The van der Waals surface area contributed by atoms with Gasteiger partial charge in [-0.3, -0.25) is 0 Å². The van der Waals surface area contributed by atoms with Crippen LogP contribution in [0.2, 0.25) is 0 Å². The molecular weight excluding hydrogens is 821 g/mol. The molecule has 4 aromatic carbocycles. The molecule has 0 aliphatic carbocycles. The van der Waals surface area contributed by atoms with E-state index in [0.717, 1.165) is 66.7 Å². The van der Waals surface area contributed by atoms with Gasteiger partial charge in [0.1, 0.15) is 5.58 Å². The molecule has 0 bridgehead atoms. The zero-order chi connectivity index (χ0) is 36.9. The average Bonchev–Trinajstić information content (AvgIpc) is 3.64. The molecule has 0 saturated carbocycles. The molecule has 0 N–H and O–H groups in total. The van der Waals surface area contributed by atoms with Crippen LogP contribution in [0.4, 0.5) is 0 Å². The molecule has 8 aromatic rings. The quantitative estimate of drug-likeness (QED) is 0.165. The number of pyridine rings is 2. The van der Waals surface area contributed by atoms with Gasteiger partial charge in [0.15, 0.2) is 0 Å². The monoisotopic (exact) mass is 865 g/mol. The number of aromatic nitrogens is 2. The summed E-state index contributed by atoms with van der Waals surface area (Å²) in [6, 6.07) is 35.1. The van der Waals surface area contributed by atoms with Crippen LogP contribution in [-0.2, 0) is 26.5 Å². The topological polar surface area (TPSA) is 38.9 Å². The maximum atomic E-state index is 9.13. The first-order valence-corrected chi connectivity index (χ1v) is 17.8. The molecule has 0 fully saturated rings. The van der Waals surface area contributed by atoms with Gasteiger partial charge in [0, 0.05) is 55.6 Å². The fourth-order valence-corrected chi connectivity index (χ4v) is 7.63. The summed E-state index contributed by atoms with van der Waals surface area (Å²) in [6.07, 6.45) is 2.00. The van der Waals surface area contributed by atoms with Crippen molar-refractivity contribution in [3.63, 3.8) is 0 Å². The van der Waals surface area contributed by atoms with E-state index in [4.69, 9.17) is 12.1 Å². The van der Waals surface area contributed by atoms with E-state index in [2.05, 4.69) is 81.2 Å². The van der Waals surface area contributed by atoms with Crippen LogP contribution in [0.1, 0.15) is 56.2 Å². The Balaban J connectivity index is 0.000000289. The molecular formula is C46H42IrN2OS-2. The Hall–Kier alpha value is -4.41. The standard InChI is InChI=1S/C34H32NOS.C12H10N.Ir/c1-19-10-8-11-20(2)30(19)27-16-28(35-18-23(27)17-34(5,6)7)26-13-9-12-24-25-14-15-29-31(21(3)22(4)37-29)33(25)36-32(24)26;1-10-7-8-12(13-9-10)11-5-3-2-4-6-11;/h8-12,14-16,18H,17H2,1-7H3;2-5,7-9H,1H3;/q2*-1;/i17D2;;. The Bertz CT molecular complexity index is 2560. The molecule has 0 atom stereocenters. The van der Waals surface area contributed by atoms with Crippen molar-refractivity contribution < 1.29 is 27.3 Å². The third-order valence-corrected chi connectivity index (χ3v) is 10.2. The first-order valence-electron chi connectivity index (χ1n) is 18.0. The normalized spacial score (nSPS) is 12.3. The molecule has 1 radical (unpaired) electrons.